The Kier molecular flexibility index (Phi) is 11.9. The fraction of sp³-hybridized carbons (Fsp3) is 0.200. The molecule has 7 heteroatoms. The predicted molar refractivity (Wildman–Crippen MR) is 186 cm³/mol. The van der Waals surface area contributed by atoms with Gasteiger partial charge in [-0.05, 0) is 78.5 Å². The summed E-state index contributed by atoms with van der Waals surface area (Å²) < 4.78 is 6.27. The van der Waals surface area contributed by atoms with E-state index in [9.17, 15) is 19.8 Å². The molecule has 1 aliphatic heterocycles. The number of benzene rings is 5. The van der Waals surface area contributed by atoms with Gasteiger partial charge in [-0.3, -0.25) is 4.79 Å². The van der Waals surface area contributed by atoms with Crippen LogP contribution in [0.15, 0.2) is 127 Å². The molecule has 0 amide bonds. The molecule has 1 heterocycles. The minimum Gasteiger partial charge on any atom is -0.507 e. The van der Waals surface area contributed by atoms with Gasteiger partial charge in [0.1, 0.15) is 11.9 Å². The van der Waals surface area contributed by atoms with E-state index < -0.39 is 11.8 Å². The van der Waals surface area contributed by atoms with E-state index in [1.807, 2.05) is 48.5 Å². The molecule has 0 radical (unpaired) electrons. The van der Waals surface area contributed by atoms with E-state index in [0.717, 1.165) is 34.9 Å². The van der Waals surface area contributed by atoms with E-state index in [2.05, 4.69) is 41.3 Å². The molecule has 240 valence electrons. The highest BCUT2D eigenvalue weighted by Gasteiger charge is 2.20. The smallest absolute Gasteiger partial charge is 0.336 e. The van der Waals surface area contributed by atoms with Gasteiger partial charge in [0.2, 0.25) is 0 Å². The number of likely N-dealkylation sites (tertiary alicyclic amines) is 1. The third-order valence-electron chi connectivity index (χ3n) is 8.17. The first-order valence-electron chi connectivity index (χ1n) is 15.8. The van der Waals surface area contributed by atoms with Crippen molar-refractivity contribution in [3.05, 3.63) is 160 Å². The molecule has 1 atom stereocenters. The van der Waals surface area contributed by atoms with Crippen LogP contribution in [0.5, 0.6) is 5.75 Å². The lowest BCUT2D eigenvalue weighted by atomic mass is 9.95. The van der Waals surface area contributed by atoms with E-state index in [4.69, 9.17) is 16.3 Å². The number of carboxylic acid groups (broad SMARTS) is 1. The third-order valence-corrected chi connectivity index (χ3v) is 8.42. The van der Waals surface area contributed by atoms with Gasteiger partial charge in [0.05, 0.1) is 17.7 Å². The number of halogens is 1. The van der Waals surface area contributed by atoms with Crippen molar-refractivity contribution in [2.45, 2.75) is 25.4 Å². The van der Waals surface area contributed by atoms with Crippen LogP contribution in [0.25, 0.3) is 11.1 Å². The highest BCUT2D eigenvalue weighted by atomic mass is 35.5. The molecule has 2 N–H and O–H groups in total. The molecule has 0 spiro atoms. The average molecular weight is 648 g/mol. The van der Waals surface area contributed by atoms with Crippen molar-refractivity contribution >= 4 is 23.4 Å². The quantitative estimate of drug-likeness (QED) is 0.147. The molecular weight excluding hydrogens is 610 g/mol. The molecular formula is C40H38ClNO5. The third kappa shape index (κ3) is 9.17. The minimum atomic E-state index is -1.18. The number of aromatic carboxylic acids is 1. The van der Waals surface area contributed by atoms with Crippen molar-refractivity contribution in [2.24, 2.45) is 0 Å². The average Bonchev–Trinajstić information content (AvgIpc) is 3.12. The van der Waals surface area contributed by atoms with Gasteiger partial charge in [-0.2, -0.15) is 0 Å². The van der Waals surface area contributed by atoms with Crippen molar-refractivity contribution in [3.63, 3.8) is 0 Å². The van der Waals surface area contributed by atoms with Gasteiger partial charge >= 0.3 is 5.97 Å². The van der Waals surface area contributed by atoms with Crippen LogP contribution in [0.1, 0.15) is 62.8 Å². The fourth-order valence-electron chi connectivity index (χ4n) is 5.68. The number of carbonyl (C=O) groups is 2. The Morgan fingerprint density at radius 3 is 1.91 bits per heavy atom. The number of rotatable bonds is 10. The highest BCUT2D eigenvalue weighted by Crippen LogP contribution is 2.29. The first kappa shape index (κ1) is 33.6. The Morgan fingerprint density at radius 1 is 0.681 bits per heavy atom. The zero-order valence-electron chi connectivity index (χ0n) is 26.1. The van der Waals surface area contributed by atoms with E-state index >= 15 is 0 Å². The lowest BCUT2D eigenvalue weighted by Gasteiger charge is -2.27. The van der Waals surface area contributed by atoms with Gasteiger partial charge in [-0.15, -0.1) is 0 Å². The van der Waals surface area contributed by atoms with Crippen LogP contribution >= 0.6 is 11.6 Å². The number of hydrogen-bond acceptors (Lipinski definition) is 5. The van der Waals surface area contributed by atoms with Crippen LogP contribution in [0.4, 0.5) is 0 Å². The minimum absolute atomic E-state index is 0.0294. The molecule has 0 aliphatic carbocycles. The highest BCUT2D eigenvalue weighted by molar-refractivity contribution is 6.30. The van der Waals surface area contributed by atoms with E-state index in [-0.39, 0.29) is 28.5 Å². The topological polar surface area (TPSA) is 87.1 Å². The van der Waals surface area contributed by atoms with Crippen LogP contribution in [0, 0.1) is 0 Å². The first-order chi connectivity index (χ1) is 22.9. The Balaban J connectivity index is 0.000000185. The van der Waals surface area contributed by atoms with Crippen LogP contribution in [-0.2, 0) is 4.74 Å². The second-order valence-corrected chi connectivity index (χ2v) is 11.8. The van der Waals surface area contributed by atoms with Crippen molar-refractivity contribution in [1.82, 2.24) is 4.90 Å². The zero-order chi connectivity index (χ0) is 33.0. The van der Waals surface area contributed by atoms with Gasteiger partial charge in [0, 0.05) is 17.1 Å². The van der Waals surface area contributed by atoms with Crippen molar-refractivity contribution in [3.8, 4) is 16.9 Å². The molecule has 5 aromatic rings. The van der Waals surface area contributed by atoms with Gasteiger partial charge in [0.15, 0.2) is 5.78 Å². The van der Waals surface area contributed by atoms with Crippen molar-refractivity contribution in [2.75, 3.05) is 26.2 Å². The molecule has 47 heavy (non-hydrogen) atoms. The molecule has 1 saturated heterocycles. The number of phenolic OH excluding ortho intramolecular Hbond substituents is 1. The molecule has 1 aliphatic rings. The summed E-state index contributed by atoms with van der Waals surface area (Å²) in [7, 11) is 0. The van der Waals surface area contributed by atoms with Gasteiger partial charge in [0.25, 0.3) is 0 Å². The summed E-state index contributed by atoms with van der Waals surface area (Å²) in [5.41, 5.74) is 4.06. The molecule has 0 aromatic heterocycles. The summed E-state index contributed by atoms with van der Waals surface area (Å²) in [5.74, 6) is -1.88. The fourth-order valence-corrected chi connectivity index (χ4v) is 5.81. The lowest BCUT2D eigenvalue weighted by molar-refractivity contribution is 0.0557. The normalized spacial score (nSPS) is 13.6. The van der Waals surface area contributed by atoms with Crippen molar-refractivity contribution < 1.29 is 24.5 Å². The molecule has 6 rings (SSSR count). The first-order valence-corrected chi connectivity index (χ1v) is 16.2. The summed E-state index contributed by atoms with van der Waals surface area (Å²) in [4.78, 5) is 26.4. The Hall–Kier alpha value is -4.75. The monoisotopic (exact) mass is 647 g/mol. The SMILES string of the molecule is Clc1ccc(C(OCCN2CCCCC2)c2ccccc2)cc1.O=C(O)c1ccccc1C(=O)c1ccc(-c2ccccc2)cc1O. The van der Waals surface area contributed by atoms with E-state index in [1.54, 1.807) is 18.2 Å². The Morgan fingerprint density at radius 2 is 1.28 bits per heavy atom. The molecule has 0 saturated carbocycles. The predicted octanol–water partition coefficient (Wildman–Crippen LogP) is 8.92. The largest absolute Gasteiger partial charge is 0.507 e. The number of piperidine rings is 1. The lowest BCUT2D eigenvalue weighted by Crippen LogP contribution is -2.33. The number of aromatic hydroxyl groups is 1. The maximum absolute atomic E-state index is 12.6. The standard InChI is InChI=1S/C20H24ClNO.C20H14O4/c21-19-11-9-18(10-12-19)20(17-7-3-1-4-8-17)23-16-15-22-13-5-2-6-14-22;21-18-12-14(13-6-2-1-3-7-13)10-11-17(18)19(22)15-8-4-5-9-16(15)20(23)24/h1,3-4,7-12,20H,2,5-6,13-16H2;1-12,21H,(H,23,24). The zero-order valence-corrected chi connectivity index (χ0v) is 26.9. The molecule has 0 bridgehead atoms. The molecule has 1 fully saturated rings. The molecule has 5 aromatic carbocycles. The number of hydrogen-bond donors (Lipinski definition) is 2. The summed E-state index contributed by atoms with van der Waals surface area (Å²) >= 11 is 6.02. The summed E-state index contributed by atoms with van der Waals surface area (Å²) in [6.07, 6.45) is 3.98. The number of phenols is 1. The van der Waals surface area contributed by atoms with Gasteiger partial charge < -0.3 is 19.8 Å². The summed E-state index contributed by atoms with van der Waals surface area (Å²) in [6, 6.07) is 38.5. The number of ketones is 1. The van der Waals surface area contributed by atoms with Gasteiger partial charge in [-0.1, -0.05) is 115 Å². The maximum atomic E-state index is 12.6. The second-order valence-electron chi connectivity index (χ2n) is 11.4. The number of ether oxygens (including phenoxy) is 1. The van der Waals surface area contributed by atoms with Crippen LogP contribution in [-0.4, -0.2) is 53.1 Å². The maximum Gasteiger partial charge on any atom is 0.336 e. The Bertz CT molecular complexity index is 1750. The number of carbonyl (C=O) groups excluding carboxylic acids is 1. The van der Waals surface area contributed by atoms with E-state index in [0.29, 0.717) is 0 Å². The molecule has 6 nitrogen and oxygen atoms in total. The van der Waals surface area contributed by atoms with Gasteiger partial charge in [-0.25, -0.2) is 4.79 Å². The van der Waals surface area contributed by atoms with E-state index in [1.165, 1.54) is 62.2 Å². The number of carboxylic acids is 1. The number of nitrogens with zero attached hydrogens (tertiary/aromatic N) is 1. The Labute approximate surface area is 280 Å². The summed E-state index contributed by atoms with van der Waals surface area (Å²) in [5, 5.41) is 20.2. The summed E-state index contributed by atoms with van der Waals surface area (Å²) in [6.45, 7) is 4.18. The van der Waals surface area contributed by atoms with Crippen LogP contribution in [0.3, 0.4) is 0 Å². The van der Waals surface area contributed by atoms with Crippen LogP contribution < -0.4 is 0 Å². The molecule has 1 unspecified atom stereocenters. The second kappa shape index (κ2) is 16.7. The van der Waals surface area contributed by atoms with Crippen LogP contribution in [0.2, 0.25) is 5.02 Å². The van der Waals surface area contributed by atoms with Crippen molar-refractivity contribution in [1.29, 1.82) is 0 Å².